The fraction of sp³-hybridized carbons (Fsp3) is 0.364. The van der Waals surface area contributed by atoms with Crippen molar-refractivity contribution in [2.45, 2.75) is 61.7 Å². The number of halogens is 4. The van der Waals surface area contributed by atoms with E-state index in [4.69, 9.17) is 32.6 Å². The van der Waals surface area contributed by atoms with Crippen LogP contribution in [0.25, 0.3) is 0 Å². The van der Waals surface area contributed by atoms with Crippen LogP contribution in [0.3, 0.4) is 0 Å². The number of alkyl halides is 3. The van der Waals surface area contributed by atoms with Crippen molar-refractivity contribution in [2.24, 2.45) is 0 Å². The summed E-state index contributed by atoms with van der Waals surface area (Å²) in [5.74, 6) is 0.359. The van der Waals surface area contributed by atoms with Gasteiger partial charge in [0.15, 0.2) is 6.10 Å². The maximum absolute atomic E-state index is 13.3. The van der Waals surface area contributed by atoms with Crippen LogP contribution >= 0.6 is 22.6 Å². The van der Waals surface area contributed by atoms with Crippen LogP contribution in [0.15, 0.2) is 90.3 Å². The molecule has 3 aromatic carbocycles. The van der Waals surface area contributed by atoms with Crippen molar-refractivity contribution in [3.8, 4) is 11.5 Å². The molecular formula is C33H34F3IO10S. The van der Waals surface area contributed by atoms with Gasteiger partial charge in [0.05, 0.1) is 37.4 Å². The van der Waals surface area contributed by atoms with Gasteiger partial charge in [0, 0.05) is 9.99 Å². The van der Waals surface area contributed by atoms with Crippen molar-refractivity contribution < 1.29 is 59.0 Å². The second-order valence-corrected chi connectivity index (χ2v) is 13.3. The van der Waals surface area contributed by atoms with Gasteiger partial charge in [-0.2, -0.15) is 21.6 Å². The van der Waals surface area contributed by atoms with E-state index in [-0.39, 0.29) is 19.6 Å². The topological polar surface area (TPSA) is 116 Å². The van der Waals surface area contributed by atoms with Gasteiger partial charge in [-0.3, -0.25) is 8.98 Å². The molecule has 260 valence electrons. The third-order valence-corrected chi connectivity index (χ3v) is 9.06. The van der Waals surface area contributed by atoms with E-state index < -0.39 is 70.0 Å². The summed E-state index contributed by atoms with van der Waals surface area (Å²) in [4.78, 5) is 11.9. The van der Waals surface area contributed by atoms with Crippen LogP contribution in [-0.4, -0.2) is 65.4 Å². The first-order valence-corrected chi connectivity index (χ1v) is 17.1. The zero-order chi connectivity index (χ0) is 34.9. The molecule has 0 N–H and O–H groups in total. The standard InChI is InChI=1S/C33H34F3IO10S/c1-4-17-42-30-29(43-19-21-9-13-24(41-3)14-10-21)27(20-44-48(39,40)26-8-6-7-22(18-26)33(34,35)36)46-32(31(30)47-28(38)5-2)45-25-15-11-23(37)12-16-25/h4,6-16,18,27,29-32H,1,5,17,19-20H2,2-3H3/t27-,29+,30-,31-,32+/m0/s1. The van der Waals surface area contributed by atoms with Crippen molar-refractivity contribution in [3.05, 3.63) is 100 Å². The Kier molecular flexibility index (Phi) is 13.3. The van der Waals surface area contributed by atoms with Crippen LogP contribution in [0.2, 0.25) is 0 Å². The van der Waals surface area contributed by atoms with Crippen LogP contribution in [0.5, 0.6) is 11.5 Å². The summed E-state index contributed by atoms with van der Waals surface area (Å²) in [5, 5.41) is 0. The van der Waals surface area contributed by atoms with E-state index in [1.165, 1.54) is 13.2 Å². The maximum atomic E-state index is 13.3. The van der Waals surface area contributed by atoms with Crippen LogP contribution in [0, 0.1) is 3.57 Å². The number of rotatable bonds is 15. The number of carbonyl (C=O) groups is 1. The van der Waals surface area contributed by atoms with E-state index in [9.17, 15) is 26.4 Å². The number of benzene rings is 3. The van der Waals surface area contributed by atoms with Gasteiger partial charge < -0.3 is 28.4 Å². The summed E-state index contributed by atoms with van der Waals surface area (Å²) in [5.41, 5.74) is -0.458. The van der Waals surface area contributed by atoms with Crippen molar-refractivity contribution in [1.29, 1.82) is 0 Å². The van der Waals surface area contributed by atoms with Crippen molar-refractivity contribution >= 4 is 38.7 Å². The minimum absolute atomic E-state index is 0.0140. The average Bonchev–Trinajstić information content (AvgIpc) is 3.07. The van der Waals surface area contributed by atoms with Crippen molar-refractivity contribution in [2.75, 3.05) is 20.3 Å². The Hall–Kier alpha value is -3.22. The molecule has 0 aliphatic carbocycles. The smallest absolute Gasteiger partial charge is 0.416 e. The quantitative estimate of drug-likeness (QED) is 0.0750. The minimum atomic E-state index is -4.78. The molecule has 0 amide bonds. The summed E-state index contributed by atoms with van der Waals surface area (Å²) >= 11 is 2.12. The van der Waals surface area contributed by atoms with Gasteiger partial charge >= 0.3 is 12.1 Å². The second kappa shape index (κ2) is 16.9. The molecule has 0 radical (unpaired) electrons. The fourth-order valence-corrected chi connectivity index (χ4v) is 5.98. The lowest BCUT2D eigenvalue weighted by Gasteiger charge is -2.45. The molecule has 1 aliphatic heterocycles. The molecule has 0 unspecified atom stereocenters. The Morgan fingerprint density at radius 1 is 0.979 bits per heavy atom. The molecule has 1 saturated heterocycles. The predicted molar refractivity (Wildman–Crippen MR) is 175 cm³/mol. The Morgan fingerprint density at radius 2 is 1.67 bits per heavy atom. The third kappa shape index (κ3) is 10.1. The number of esters is 1. The zero-order valence-corrected chi connectivity index (χ0v) is 28.9. The molecule has 0 bridgehead atoms. The monoisotopic (exact) mass is 806 g/mol. The zero-order valence-electron chi connectivity index (χ0n) is 25.9. The van der Waals surface area contributed by atoms with E-state index in [2.05, 4.69) is 29.2 Å². The van der Waals surface area contributed by atoms with Crippen molar-refractivity contribution in [1.82, 2.24) is 0 Å². The molecule has 0 aromatic heterocycles. The normalized spacial score (nSPS) is 21.3. The molecule has 1 fully saturated rings. The van der Waals surface area contributed by atoms with E-state index >= 15 is 0 Å². The SMILES string of the molecule is C=CCO[C@@H]1[C@H](OC(=O)CC)[C@H](Oc2ccc(I)cc2)O[C@@H](COS(=O)(=O)c2cccc(C(F)(F)F)c2)[C@H]1OCc1ccc(OC)cc1. The Balaban J connectivity index is 1.70. The molecular weight excluding hydrogens is 772 g/mol. The summed E-state index contributed by atoms with van der Waals surface area (Å²) in [6, 6.07) is 17.0. The van der Waals surface area contributed by atoms with Crippen LogP contribution in [0.1, 0.15) is 24.5 Å². The third-order valence-electron chi connectivity index (χ3n) is 7.06. The fourth-order valence-electron chi connectivity index (χ4n) is 4.65. The van der Waals surface area contributed by atoms with E-state index in [0.717, 1.165) is 21.8 Å². The number of hydrogen-bond acceptors (Lipinski definition) is 10. The summed E-state index contributed by atoms with van der Waals surface area (Å²) in [7, 11) is -3.20. The molecule has 0 saturated carbocycles. The highest BCUT2D eigenvalue weighted by Crippen LogP contribution is 2.34. The number of carbonyl (C=O) groups excluding carboxylic acids is 1. The van der Waals surface area contributed by atoms with Gasteiger partial charge in [-0.05, 0) is 82.8 Å². The number of ether oxygens (including phenoxy) is 6. The maximum Gasteiger partial charge on any atom is 0.416 e. The highest BCUT2D eigenvalue weighted by Gasteiger charge is 2.51. The van der Waals surface area contributed by atoms with E-state index in [1.54, 1.807) is 55.5 Å². The first kappa shape index (κ1) is 37.6. The molecule has 1 heterocycles. The first-order chi connectivity index (χ1) is 22.8. The van der Waals surface area contributed by atoms with Gasteiger partial charge in [0.2, 0.25) is 6.29 Å². The van der Waals surface area contributed by atoms with Gasteiger partial charge in [0.25, 0.3) is 10.1 Å². The average molecular weight is 807 g/mol. The molecule has 4 rings (SSSR count). The van der Waals surface area contributed by atoms with Gasteiger partial charge in [-0.1, -0.05) is 31.2 Å². The molecule has 10 nitrogen and oxygen atoms in total. The second-order valence-electron chi connectivity index (χ2n) is 10.4. The highest BCUT2D eigenvalue weighted by molar-refractivity contribution is 14.1. The Bertz CT molecular complexity index is 1620. The highest BCUT2D eigenvalue weighted by atomic mass is 127. The summed E-state index contributed by atoms with van der Waals surface area (Å²) < 4.78 is 108. The van der Waals surface area contributed by atoms with Crippen LogP contribution < -0.4 is 9.47 Å². The Morgan fingerprint density at radius 3 is 2.29 bits per heavy atom. The molecule has 15 heteroatoms. The van der Waals surface area contributed by atoms with Gasteiger partial charge in [-0.15, -0.1) is 6.58 Å². The van der Waals surface area contributed by atoms with E-state index in [0.29, 0.717) is 23.1 Å². The summed E-state index contributed by atoms with van der Waals surface area (Å²) in [6.07, 6.45) is -9.37. The number of hydrogen-bond donors (Lipinski definition) is 0. The number of methoxy groups -OCH3 is 1. The van der Waals surface area contributed by atoms with Gasteiger partial charge in [-0.25, -0.2) is 0 Å². The first-order valence-electron chi connectivity index (χ1n) is 14.7. The van der Waals surface area contributed by atoms with Crippen LogP contribution in [-0.2, 0) is 50.8 Å². The molecule has 0 spiro atoms. The largest absolute Gasteiger partial charge is 0.497 e. The lowest BCUT2D eigenvalue weighted by molar-refractivity contribution is -0.296. The lowest BCUT2D eigenvalue weighted by atomic mass is 9.98. The van der Waals surface area contributed by atoms with Gasteiger partial charge in [0.1, 0.15) is 29.8 Å². The van der Waals surface area contributed by atoms with Crippen molar-refractivity contribution in [3.63, 3.8) is 0 Å². The van der Waals surface area contributed by atoms with E-state index in [1.807, 2.05) is 0 Å². The molecule has 5 atom stereocenters. The molecule has 48 heavy (non-hydrogen) atoms. The Labute approximate surface area is 290 Å². The predicted octanol–water partition coefficient (Wildman–Crippen LogP) is 6.31. The minimum Gasteiger partial charge on any atom is -0.497 e. The lowest BCUT2D eigenvalue weighted by Crippen LogP contribution is -2.63. The molecule has 3 aromatic rings. The molecule has 1 aliphatic rings. The van der Waals surface area contributed by atoms with Crippen LogP contribution in [0.4, 0.5) is 13.2 Å². The summed E-state index contributed by atoms with van der Waals surface area (Å²) in [6.45, 7) is 4.52.